The fourth-order valence-electron chi connectivity index (χ4n) is 3.04. The van der Waals surface area contributed by atoms with Gasteiger partial charge in [-0.25, -0.2) is 0 Å². The minimum Gasteiger partial charge on any atom is -0.378 e. The van der Waals surface area contributed by atoms with Crippen LogP contribution in [0.2, 0.25) is 0 Å². The van der Waals surface area contributed by atoms with Crippen molar-refractivity contribution in [3.8, 4) is 0 Å². The number of nitrogens with zero attached hydrogens (tertiary/aromatic N) is 2. The van der Waals surface area contributed by atoms with E-state index in [-0.39, 0.29) is 35.8 Å². The minimum absolute atomic E-state index is 0. The van der Waals surface area contributed by atoms with Gasteiger partial charge in [0.15, 0.2) is 5.96 Å². The Bertz CT molecular complexity index is 734. The lowest BCUT2D eigenvalue weighted by Crippen LogP contribution is -2.47. The van der Waals surface area contributed by atoms with Gasteiger partial charge in [0.1, 0.15) is 0 Å². The number of thiophene rings is 1. The normalized spacial score (nSPS) is 15.5. The summed E-state index contributed by atoms with van der Waals surface area (Å²) in [4.78, 5) is 20.5. The van der Waals surface area contributed by atoms with Gasteiger partial charge in [-0.3, -0.25) is 9.79 Å². The molecule has 0 radical (unpaired) electrons. The van der Waals surface area contributed by atoms with Crippen LogP contribution in [-0.2, 0) is 16.1 Å². The van der Waals surface area contributed by atoms with Crippen molar-refractivity contribution in [2.75, 3.05) is 39.9 Å². The Morgan fingerprint density at radius 1 is 1.18 bits per heavy atom. The lowest BCUT2D eigenvalue weighted by molar-refractivity contribution is -0.136. The Morgan fingerprint density at radius 2 is 1.93 bits per heavy atom. The molecule has 3 rings (SSSR count). The van der Waals surface area contributed by atoms with Crippen molar-refractivity contribution in [2.24, 2.45) is 4.99 Å². The van der Waals surface area contributed by atoms with E-state index in [2.05, 4.69) is 27.1 Å². The quantitative estimate of drug-likeness (QED) is 0.354. The number of carbonyl (C=O) groups is 1. The van der Waals surface area contributed by atoms with E-state index < -0.39 is 0 Å². The van der Waals surface area contributed by atoms with Gasteiger partial charge in [-0.15, -0.1) is 35.3 Å². The molecule has 1 aromatic heterocycles. The van der Waals surface area contributed by atoms with Crippen LogP contribution in [0.25, 0.3) is 0 Å². The number of hydrogen-bond acceptors (Lipinski definition) is 4. The highest BCUT2D eigenvalue weighted by molar-refractivity contribution is 14.0. The molecule has 0 spiro atoms. The summed E-state index contributed by atoms with van der Waals surface area (Å²) < 4.78 is 5.38. The van der Waals surface area contributed by atoms with E-state index >= 15 is 0 Å². The fraction of sp³-hybridized carbons (Fsp3) is 0.400. The summed E-state index contributed by atoms with van der Waals surface area (Å²) in [5.41, 5.74) is 1.01. The average Bonchev–Trinajstić information content (AvgIpc) is 3.25. The third-order valence-corrected chi connectivity index (χ3v) is 5.41. The first kappa shape index (κ1) is 22.6. The molecule has 1 saturated heterocycles. The van der Waals surface area contributed by atoms with Crippen LogP contribution in [0.3, 0.4) is 0 Å². The Labute approximate surface area is 187 Å². The van der Waals surface area contributed by atoms with E-state index in [9.17, 15) is 4.79 Å². The number of aliphatic imine (C=N–C) groups is 1. The van der Waals surface area contributed by atoms with Crippen molar-refractivity contribution in [3.63, 3.8) is 0 Å². The van der Waals surface area contributed by atoms with Gasteiger partial charge in [0.25, 0.3) is 0 Å². The van der Waals surface area contributed by atoms with E-state index in [1.165, 1.54) is 4.88 Å². The summed E-state index contributed by atoms with van der Waals surface area (Å²) >= 11 is 1.70. The zero-order valence-electron chi connectivity index (χ0n) is 16.0. The number of hydrogen-bond donors (Lipinski definition) is 2. The molecule has 1 aliphatic heterocycles. The molecule has 2 N–H and O–H groups in total. The monoisotopic (exact) mass is 514 g/mol. The summed E-state index contributed by atoms with van der Waals surface area (Å²) in [6.07, 6.45) is 0. The molecule has 6 nitrogen and oxygen atoms in total. The number of amides is 1. The minimum atomic E-state index is -0.260. The number of benzene rings is 1. The van der Waals surface area contributed by atoms with Crippen molar-refractivity contribution >= 4 is 47.2 Å². The number of guanidine groups is 1. The summed E-state index contributed by atoms with van der Waals surface area (Å²) in [6, 6.07) is 14.0. The molecule has 152 valence electrons. The Kier molecular flexibility index (Phi) is 9.72. The number of morpholine rings is 1. The predicted octanol–water partition coefficient (Wildman–Crippen LogP) is 2.67. The number of ether oxygens (including phenoxy) is 1. The van der Waals surface area contributed by atoms with Crippen LogP contribution in [0, 0.1) is 0 Å². The van der Waals surface area contributed by atoms with Gasteiger partial charge in [0.05, 0.1) is 25.7 Å². The van der Waals surface area contributed by atoms with Crippen molar-refractivity contribution in [2.45, 2.75) is 12.5 Å². The number of carbonyl (C=O) groups excluding carboxylic acids is 1. The molecule has 1 atom stereocenters. The molecule has 1 amide bonds. The topological polar surface area (TPSA) is 66.0 Å². The van der Waals surface area contributed by atoms with Gasteiger partial charge in [-0.2, -0.15) is 0 Å². The fourth-order valence-corrected chi connectivity index (χ4v) is 3.69. The third kappa shape index (κ3) is 6.46. The molecular weight excluding hydrogens is 487 g/mol. The van der Waals surface area contributed by atoms with Crippen LogP contribution in [-0.4, -0.2) is 56.7 Å². The van der Waals surface area contributed by atoms with Gasteiger partial charge in [-0.1, -0.05) is 36.4 Å². The highest BCUT2D eigenvalue weighted by Gasteiger charge is 2.27. The maximum atomic E-state index is 13.1. The standard InChI is InChI=1S/C20H26N4O2S.HI/c1-21-20(22-14-17-8-5-13-27-17)23-15-18(16-6-3-2-4-7-16)19(25)24-9-11-26-12-10-24;/h2-8,13,18H,9-12,14-15H2,1H3,(H2,21,22,23);1H. The van der Waals surface area contributed by atoms with Crippen LogP contribution in [0.1, 0.15) is 16.4 Å². The molecule has 2 aromatic rings. The van der Waals surface area contributed by atoms with Crippen molar-refractivity contribution < 1.29 is 9.53 Å². The molecule has 0 aliphatic carbocycles. The molecular formula is C20H27IN4O2S. The first-order valence-electron chi connectivity index (χ1n) is 9.16. The largest absolute Gasteiger partial charge is 0.378 e. The van der Waals surface area contributed by atoms with Crippen LogP contribution >= 0.6 is 35.3 Å². The van der Waals surface area contributed by atoms with Gasteiger partial charge in [-0.05, 0) is 17.0 Å². The van der Waals surface area contributed by atoms with Crippen LogP contribution in [0.15, 0.2) is 52.8 Å². The van der Waals surface area contributed by atoms with Gasteiger partial charge >= 0.3 is 0 Å². The van der Waals surface area contributed by atoms with Crippen LogP contribution in [0.5, 0.6) is 0 Å². The molecule has 28 heavy (non-hydrogen) atoms. The number of nitrogens with one attached hydrogen (secondary N) is 2. The average molecular weight is 514 g/mol. The van der Waals surface area contributed by atoms with Crippen molar-refractivity contribution in [1.82, 2.24) is 15.5 Å². The van der Waals surface area contributed by atoms with E-state index in [1.54, 1.807) is 18.4 Å². The van der Waals surface area contributed by atoms with E-state index in [0.717, 1.165) is 5.56 Å². The van der Waals surface area contributed by atoms with Gasteiger partial charge in [0.2, 0.25) is 5.91 Å². The molecule has 1 aromatic carbocycles. The smallest absolute Gasteiger partial charge is 0.232 e. The predicted molar refractivity (Wildman–Crippen MR) is 125 cm³/mol. The van der Waals surface area contributed by atoms with Gasteiger partial charge < -0.3 is 20.3 Å². The van der Waals surface area contributed by atoms with E-state index in [1.807, 2.05) is 41.3 Å². The lowest BCUT2D eigenvalue weighted by Gasteiger charge is -2.31. The van der Waals surface area contributed by atoms with Crippen LogP contribution < -0.4 is 10.6 Å². The molecule has 8 heteroatoms. The van der Waals surface area contributed by atoms with Gasteiger partial charge in [0, 0.05) is 31.6 Å². The first-order valence-corrected chi connectivity index (χ1v) is 10.0. The Morgan fingerprint density at radius 3 is 2.57 bits per heavy atom. The molecule has 2 heterocycles. The maximum Gasteiger partial charge on any atom is 0.232 e. The summed E-state index contributed by atoms with van der Waals surface area (Å²) in [7, 11) is 1.74. The zero-order chi connectivity index (χ0) is 18.9. The second kappa shape index (κ2) is 12.0. The second-order valence-corrected chi connectivity index (χ2v) is 7.32. The SMILES string of the molecule is CN=C(NCc1cccs1)NCC(C(=O)N1CCOCC1)c1ccccc1.I. The number of rotatable bonds is 6. The highest BCUT2D eigenvalue weighted by Crippen LogP contribution is 2.19. The number of halogens is 1. The highest BCUT2D eigenvalue weighted by atomic mass is 127. The van der Waals surface area contributed by atoms with E-state index in [0.29, 0.717) is 45.4 Å². The molecule has 0 saturated carbocycles. The first-order chi connectivity index (χ1) is 13.3. The summed E-state index contributed by atoms with van der Waals surface area (Å²) in [5, 5.41) is 8.67. The maximum absolute atomic E-state index is 13.1. The Hall–Kier alpha value is -1.65. The summed E-state index contributed by atoms with van der Waals surface area (Å²) in [5.74, 6) is 0.564. The van der Waals surface area contributed by atoms with Crippen molar-refractivity contribution in [1.29, 1.82) is 0 Å². The molecule has 0 bridgehead atoms. The van der Waals surface area contributed by atoms with Crippen molar-refractivity contribution in [3.05, 3.63) is 58.3 Å². The Balaban J connectivity index is 0.00000280. The lowest BCUT2D eigenvalue weighted by atomic mass is 9.97. The third-order valence-electron chi connectivity index (χ3n) is 4.53. The molecule has 1 aliphatic rings. The zero-order valence-corrected chi connectivity index (χ0v) is 19.1. The summed E-state index contributed by atoms with van der Waals surface area (Å²) in [6.45, 7) is 3.70. The van der Waals surface area contributed by atoms with Crippen LogP contribution in [0.4, 0.5) is 0 Å². The van der Waals surface area contributed by atoms with E-state index in [4.69, 9.17) is 4.74 Å². The second-order valence-electron chi connectivity index (χ2n) is 6.29. The molecule has 1 fully saturated rings. The molecule has 1 unspecified atom stereocenters.